The van der Waals surface area contributed by atoms with Gasteiger partial charge in [-0.2, -0.15) is 0 Å². The third kappa shape index (κ3) is 4.84. The maximum Gasteiger partial charge on any atom is 0.218 e. The van der Waals surface area contributed by atoms with Gasteiger partial charge in [-0.05, 0) is 47.0 Å². The van der Waals surface area contributed by atoms with Crippen molar-refractivity contribution in [2.45, 2.75) is 71.0 Å². The molecule has 0 atom stereocenters. The fourth-order valence-corrected chi connectivity index (χ4v) is 3.34. The van der Waals surface area contributed by atoms with Crippen molar-refractivity contribution in [2.75, 3.05) is 11.9 Å². The monoisotopic (exact) mass is 292 g/mol. The average Bonchev–Trinajstić information content (AvgIpc) is 2.33. The molecule has 1 aliphatic heterocycles. The molecule has 0 bridgehead atoms. The predicted molar refractivity (Wildman–Crippen MR) is 85.8 cm³/mol. The molecular formula is C16H28N4O. The number of nitrogens with one attached hydrogen (secondary N) is 2. The van der Waals surface area contributed by atoms with Crippen LogP contribution in [-0.4, -0.2) is 33.7 Å². The standard InChI is InChI=1S/C16H28N4O/c1-6-7-21-14-8-13(17-11-18-14)19-12-9-15(2,3)20-16(4,5)10-12/h8,11-12,20H,6-7,9-10H2,1-5H3,(H,17,18,19). The van der Waals surface area contributed by atoms with E-state index in [1.54, 1.807) is 6.33 Å². The Morgan fingerprint density at radius 2 is 1.90 bits per heavy atom. The number of ether oxygens (including phenoxy) is 1. The summed E-state index contributed by atoms with van der Waals surface area (Å²) >= 11 is 0. The van der Waals surface area contributed by atoms with Gasteiger partial charge in [0.05, 0.1) is 6.61 Å². The first-order valence-electron chi connectivity index (χ1n) is 7.80. The van der Waals surface area contributed by atoms with Crippen molar-refractivity contribution in [3.8, 4) is 5.88 Å². The molecule has 1 aromatic rings. The predicted octanol–water partition coefficient (Wildman–Crippen LogP) is 2.99. The minimum absolute atomic E-state index is 0.119. The van der Waals surface area contributed by atoms with Crippen LogP contribution in [0.5, 0.6) is 5.88 Å². The Kier molecular flexibility index (Phi) is 4.71. The van der Waals surface area contributed by atoms with Gasteiger partial charge in [0.15, 0.2) is 0 Å². The molecule has 118 valence electrons. The third-order valence-corrected chi connectivity index (χ3v) is 3.64. The van der Waals surface area contributed by atoms with E-state index in [4.69, 9.17) is 4.74 Å². The molecule has 0 spiro atoms. The maximum atomic E-state index is 5.56. The van der Waals surface area contributed by atoms with Crippen molar-refractivity contribution >= 4 is 5.82 Å². The van der Waals surface area contributed by atoms with Crippen molar-refractivity contribution in [2.24, 2.45) is 0 Å². The summed E-state index contributed by atoms with van der Waals surface area (Å²) in [6, 6.07) is 2.28. The molecule has 1 fully saturated rings. The molecule has 1 saturated heterocycles. The van der Waals surface area contributed by atoms with E-state index in [0.717, 1.165) is 25.1 Å². The van der Waals surface area contributed by atoms with Gasteiger partial charge in [-0.3, -0.25) is 0 Å². The Balaban J connectivity index is 2.03. The highest BCUT2D eigenvalue weighted by molar-refractivity contribution is 5.38. The molecule has 1 aromatic heterocycles. The van der Waals surface area contributed by atoms with Crippen molar-refractivity contribution in [1.29, 1.82) is 0 Å². The van der Waals surface area contributed by atoms with Gasteiger partial charge in [0.25, 0.3) is 0 Å². The van der Waals surface area contributed by atoms with E-state index >= 15 is 0 Å². The summed E-state index contributed by atoms with van der Waals surface area (Å²) in [6.07, 6.45) is 4.66. The number of nitrogens with zero attached hydrogens (tertiary/aromatic N) is 2. The van der Waals surface area contributed by atoms with Crippen molar-refractivity contribution in [3.05, 3.63) is 12.4 Å². The summed E-state index contributed by atoms with van der Waals surface area (Å²) in [5.74, 6) is 1.48. The van der Waals surface area contributed by atoms with Crippen molar-refractivity contribution in [3.63, 3.8) is 0 Å². The molecule has 21 heavy (non-hydrogen) atoms. The fraction of sp³-hybridized carbons (Fsp3) is 0.750. The molecule has 5 nitrogen and oxygen atoms in total. The molecule has 2 heterocycles. The lowest BCUT2D eigenvalue weighted by molar-refractivity contribution is 0.170. The molecule has 0 saturated carbocycles. The Morgan fingerprint density at radius 3 is 2.52 bits per heavy atom. The lowest BCUT2D eigenvalue weighted by atomic mass is 9.79. The maximum absolute atomic E-state index is 5.56. The first kappa shape index (κ1) is 16.0. The number of piperidine rings is 1. The second-order valence-electron chi connectivity index (χ2n) is 7.23. The first-order valence-corrected chi connectivity index (χ1v) is 7.80. The highest BCUT2D eigenvalue weighted by atomic mass is 16.5. The Labute approximate surface area is 127 Å². The minimum atomic E-state index is 0.119. The van der Waals surface area contributed by atoms with Gasteiger partial charge in [-0.15, -0.1) is 0 Å². The highest BCUT2D eigenvalue weighted by Gasteiger charge is 2.37. The highest BCUT2D eigenvalue weighted by Crippen LogP contribution is 2.30. The van der Waals surface area contributed by atoms with Crippen molar-refractivity contribution < 1.29 is 4.74 Å². The molecule has 1 aliphatic rings. The molecule has 0 radical (unpaired) electrons. The number of rotatable bonds is 5. The zero-order chi connectivity index (χ0) is 15.5. The van der Waals surface area contributed by atoms with Gasteiger partial charge in [-0.25, -0.2) is 9.97 Å². The van der Waals surface area contributed by atoms with Gasteiger partial charge in [0, 0.05) is 23.2 Å². The van der Waals surface area contributed by atoms with Crippen LogP contribution in [0.2, 0.25) is 0 Å². The van der Waals surface area contributed by atoms with Crippen molar-refractivity contribution in [1.82, 2.24) is 15.3 Å². The van der Waals surface area contributed by atoms with Gasteiger partial charge in [0.2, 0.25) is 5.88 Å². The molecule has 0 aromatic carbocycles. The summed E-state index contributed by atoms with van der Waals surface area (Å²) in [4.78, 5) is 8.46. The summed E-state index contributed by atoms with van der Waals surface area (Å²) in [7, 11) is 0. The van der Waals surface area contributed by atoms with Gasteiger partial charge < -0.3 is 15.4 Å². The van der Waals surface area contributed by atoms with Crippen LogP contribution in [0.15, 0.2) is 12.4 Å². The number of aromatic nitrogens is 2. The Hall–Kier alpha value is -1.36. The lowest BCUT2D eigenvalue weighted by Gasteiger charge is -2.46. The second-order valence-corrected chi connectivity index (χ2v) is 7.23. The van der Waals surface area contributed by atoms with E-state index in [2.05, 4.69) is 55.2 Å². The topological polar surface area (TPSA) is 59.1 Å². The SMILES string of the molecule is CCCOc1cc(NC2CC(C)(C)NC(C)(C)C2)ncn1. The first-order chi connectivity index (χ1) is 9.80. The molecule has 0 unspecified atom stereocenters. The zero-order valence-corrected chi connectivity index (χ0v) is 13.9. The fourth-order valence-electron chi connectivity index (χ4n) is 3.34. The van der Waals surface area contributed by atoms with Gasteiger partial charge >= 0.3 is 0 Å². The normalized spacial score (nSPS) is 21.0. The molecular weight excluding hydrogens is 264 g/mol. The van der Waals surface area contributed by atoms with Crippen LogP contribution in [0, 0.1) is 0 Å². The van der Waals surface area contributed by atoms with Gasteiger partial charge in [-0.1, -0.05) is 6.92 Å². The van der Waals surface area contributed by atoms with Gasteiger partial charge in [0.1, 0.15) is 12.1 Å². The van der Waals surface area contributed by atoms with Crippen LogP contribution < -0.4 is 15.4 Å². The van der Waals surface area contributed by atoms with E-state index < -0.39 is 0 Å². The molecule has 5 heteroatoms. The number of anilines is 1. The summed E-state index contributed by atoms with van der Waals surface area (Å²) < 4.78 is 5.56. The van der Waals surface area contributed by atoms with Crippen LogP contribution in [0.1, 0.15) is 53.9 Å². The smallest absolute Gasteiger partial charge is 0.218 e. The van der Waals surface area contributed by atoms with E-state index in [-0.39, 0.29) is 11.1 Å². The van der Waals surface area contributed by atoms with Crippen LogP contribution in [0.25, 0.3) is 0 Å². The minimum Gasteiger partial charge on any atom is -0.478 e. The van der Waals surface area contributed by atoms with E-state index in [9.17, 15) is 0 Å². The van der Waals surface area contributed by atoms with Crippen LogP contribution in [-0.2, 0) is 0 Å². The van der Waals surface area contributed by atoms with Crippen LogP contribution >= 0.6 is 0 Å². The zero-order valence-electron chi connectivity index (χ0n) is 13.9. The Bertz CT molecular complexity index is 457. The molecule has 2 N–H and O–H groups in total. The largest absolute Gasteiger partial charge is 0.478 e. The molecule has 0 amide bonds. The molecule has 2 rings (SSSR count). The summed E-state index contributed by atoms with van der Waals surface area (Å²) in [5, 5.41) is 7.23. The van der Waals surface area contributed by atoms with E-state index in [0.29, 0.717) is 18.5 Å². The second kappa shape index (κ2) is 6.18. The summed E-state index contributed by atoms with van der Waals surface area (Å²) in [5.41, 5.74) is 0.238. The van der Waals surface area contributed by atoms with E-state index in [1.807, 2.05) is 6.07 Å². The van der Waals surface area contributed by atoms with Crippen LogP contribution in [0.3, 0.4) is 0 Å². The molecule has 0 aliphatic carbocycles. The quantitative estimate of drug-likeness (QED) is 0.873. The van der Waals surface area contributed by atoms with Crippen LogP contribution in [0.4, 0.5) is 5.82 Å². The third-order valence-electron chi connectivity index (χ3n) is 3.64. The lowest BCUT2D eigenvalue weighted by Crippen LogP contribution is -2.60. The number of hydrogen-bond acceptors (Lipinski definition) is 5. The van der Waals surface area contributed by atoms with E-state index in [1.165, 1.54) is 0 Å². The summed E-state index contributed by atoms with van der Waals surface area (Å²) in [6.45, 7) is 11.8. The Morgan fingerprint density at radius 1 is 1.24 bits per heavy atom. The average molecular weight is 292 g/mol. The number of hydrogen-bond donors (Lipinski definition) is 2.